The molecule has 2 heterocycles. The Labute approximate surface area is 183 Å². The van der Waals surface area contributed by atoms with Crippen LogP contribution >= 0.6 is 23.4 Å². The molecule has 0 fully saturated rings. The largest absolute Gasteiger partial charge is 0.486 e. The number of aromatic nitrogens is 3. The van der Waals surface area contributed by atoms with E-state index in [0.717, 1.165) is 5.56 Å². The summed E-state index contributed by atoms with van der Waals surface area (Å²) in [6.45, 7) is 2.07. The maximum atomic E-state index is 12.7. The zero-order valence-corrected chi connectivity index (χ0v) is 17.9. The van der Waals surface area contributed by atoms with E-state index in [4.69, 9.17) is 25.8 Å². The van der Waals surface area contributed by atoms with Crippen molar-refractivity contribution in [3.63, 3.8) is 0 Å². The van der Waals surface area contributed by atoms with Gasteiger partial charge in [0.15, 0.2) is 28.3 Å². The van der Waals surface area contributed by atoms with Crippen LogP contribution in [-0.2, 0) is 11.3 Å². The van der Waals surface area contributed by atoms with Crippen LogP contribution in [0.1, 0.15) is 10.4 Å². The number of methoxy groups -OCH3 is 1. The topological polar surface area (TPSA) is 75.5 Å². The number of benzene rings is 2. The maximum Gasteiger partial charge on any atom is 0.192 e. The molecule has 7 nitrogen and oxygen atoms in total. The number of hydrogen-bond acceptors (Lipinski definition) is 7. The number of nitrogens with zero attached hydrogens (tertiary/aromatic N) is 3. The fourth-order valence-corrected chi connectivity index (χ4v) is 4.01. The van der Waals surface area contributed by atoms with Crippen LogP contribution in [0.5, 0.6) is 11.5 Å². The monoisotopic (exact) mass is 445 g/mol. The van der Waals surface area contributed by atoms with E-state index >= 15 is 0 Å². The minimum absolute atomic E-state index is 0.0219. The molecule has 0 bridgehead atoms. The van der Waals surface area contributed by atoms with Crippen LogP contribution in [0.2, 0.25) is 5.02 Å². The second-order valence-corrected chi connectivity index (χ2v) is 7.91. The van der Waals surface area contributed by atoms with Gasteiger partial charge in [-0.25, -0.2) is 0 Å². The average molecular weight is 446 g/mol. The molecule has 0 amide bonds. The highest BCUT2D eigenvalue weighted by molar-refractivity contribution is 7.99. The van der Waals surface area contributed by atoms with Gasteiger partial charge in [-0.2, -0.15) is 0 Å². The first-order valence-corrected chi connectivity index (χ1v) is 10.8. The van der Waals surface area contributed by atoms with E-state index in [9.17, 15) is 4.79 Å². The van der Waals surface area contributed by atoms with Gasteiger partial charge in [-0.05, 0) is 42.5 Å². The van der Waals surface area contributed by atoms with Gasteiger partial charge in [0.05, 0.1) is 18.9 Å². The van der Waals surface area contributed by atoms with Crippen molar-refractivity contribution in [3.8, 4) is 22.9 Å². The van der Waals surface area contributed by atoms with Gasteiger partial charge in [-0.3, -0.25) is 9.36 Å². The Kier molecular flexibility index (Phi) is 6.56. The smallest absolute Gasteiger partial charge is 0.192 e. The molecule has 156 valence electrons. The van der Waals surface area contributed by atoms with Crippen molar-refractivity contribution >= 4 is 29.1 Å². The van der Waals surface area contributed by atoms with E-state index in [0.29, 0.717) is 59.4 Å². The summed E-state index contributed by atoms with van der Waals surface area (Å²) >= 11 is 7.34. The molecule has 9 heteroatoms. The Bertz CT molecular complexity index is 1040. The third-order valence-corrected chi connectivity index (χ3v) is 5.75. The van der Waals surface area contributed by atoms with Gasteiger partial charge in [-0.15, -0.1) is 10.2 Å². The van der Waals surface area contributed by atoms with Crippen LogP contribution in [0.3, 0.4) is 0 Å². The summed E-state index contributed by atoms with van der Waals surface area (Å²) in [5.74, 6) is 2.18. The lowest BCUT2D eigenvalue weighted by atomic mass is 10.1. The molecule has 0 spiro atoms. The van der Waals surface area contributed by atoms with Crippen LogP contribution in [0.4, 0.5) is 0 Å². The molecule has 1 aliphatic rings. The SMILES string of the molecule is COCCn1c(SCC(=O)c2ccc3c(c2)OCCO3)nnc1-c1ccc(Cl)cc1. The number of halogens is 1. The summed E-state index contributed by atoms with van der Waals surface area (Å²) in [4.78, 5) is 12.7. The molecular weight excluding hydrogens is 426 g/mol. The van der Waals surface area contributed by atoms with E-state index in [-0.39, 0.29) is 11.5 Å². The lowest BCUT2D eigenvalue weighted by Crippen LogP contribution is -2.16. The number of Topliss-reactive ketones (excluding diaryl/α,β-unsaturated/α-hetero) is 1. The zero-order chi connectivity index (χ0) is 20.9. The van der Waals surface area contributed by atoms with E-state index < -0.39 is 0 Å². The zero-order valence-electron chi connectivity index (χ0n) is 16.3. The highest BCUT2D eigenvalue weighted by Crippen LogP contribution is 2.32. The number of hydrogen-bond donors (Lipinski definition) is 0. The lowest BCUT2D eigenvalue weighted by Gasteiger charge is -2.18. The summed E-state index contributed by atoms with van der Waals surface area (Å²) in [5.41, 5.74) is 1.47. The minimum atomic E-state index is -0.0219. The molecule has 1 aromatic heterocycles. The number of carbonyl (C=O) groups is 1. The van der Waals surface area contributed by atoms with E-state index in [1.807, 2.05) is 28.8 Å². The summed E-state index contributed by atoms with van der Waals surface area (Å²) < 4.78 is 18.3. The fourth-order valence-electron chi connectivity index (χ4n) is 3.02. The number of ether oxygens (including phenoxy) is 3. The number of ketones is 1. The molecule has 0 saturated carbocycles. The van der Waals surface area contributed by atoms with Crippen molar-refractivity contribution in [2.45, 2.75) is 11.7 Å². The lowest BCUT2D eigenvalue weighted by molar-refractivity contribution is 0.102. The number of rotatable bonds is 8. The number of fused-ring (bicyclic) bond motifs is 1. The minimum Gasteiger partial charge on any atom is -0.486 e. The van der Waals surface area contributed by atoms with Gasteiger partial charge in [-0.1, -0.05) is 23.4 Å². The van der Waals surface area contributed by atoms with Gasteiger partial charge in [0.2, 0.25) is 0 Å². The van der Waals surface area contributed by atoms with E-state index in [2.05, 4.69) is 10.2 Å². The summed E-state index contributed by atoms with van der Waals surface area (Å²) in [5, 5.41) is 9.93. The average Bonchev–Trinajstić information content (AvgIpc) is 3.18. The van der Waals surface area contributed by atoms with Gasteiger partial charge >= 0.3 is 0 Å². The Hall–Kier alpha value is -2.55. The predicted octanol–water partition coefficient (Wildman–Crippen LogP) is 3.99. The van der Waals surface area contributed by atoms with Crippen molar-refractivity contribution in [2.24, 2.45) is 0 Å². The molecule has 0 aliphatic carbocycles. The van der Waals surface area contributed by atoms with Crippen LogP contribution in [0.25, 0.3) is 11.4 Å². The Morgan fingerprint density at radius 2 is 1.90 bits per heavy atom. The molecule has 2 aromatic carbocycles. The molecule has 0 radical (unpaired) electrons. The summed E-state index contributed by atoms with van der Waals surface area (Å²) in [6.07, 6.45) is 0. The highest BCUT2D eigenvalue weighted by Gasteiger charge is 2.18. The quantitative estimate of drug-likeness (QED) is 0.383. The fraction of sp³-hybridized carbons (Fsp3) is 0.286. The number of carbonyl (C=O) groups excluding carboxylic acids is 1. The van der Waals surface area contributed by atoms with Crippen LogP contribution in [0.15, 0.2) is 47.6 Å². The third kappa shape index (κ3) is 4.61. The van der Waals surface area contributed by atoms with E-state index in [1.54, 1.807) is 25.3 Å². The molecule has 0 N–H and O–H groups in total. The van der Waals surface area contributed by atoms with Gasteiger partial charge in [0, 0.05) is 23.3 Å². The second kappa shape index (κ2) is 9.51. The molecule has 4 rings (SSSR count). The van der Waals surface area contributed by atoms with Crippen LogP contribution in [-0.4, -0.2) is 53.2 Å². The van der Waals surface area contributed by atoms with Crippen molar-refractivity contribution in [3.05, 3.63) is 53.1 Å². The van der Waals surface area contributed by atoms with Gasteiger partial charge < -0.3 is 14.2 Å². The molecule has 3 aromatic rings. The van der Waals surface area contributed by atoms with Crippen molar-refractivity contribution < 1.29 is 19.0 Å². The Morgan fingerprint density at radius 3 is 2.67 bits per heavy atom. The molecule has 0 saturated heterocycles. The molecule has 0 atom stereocenters. The molecule has 1 aliphatic heterocycles. The summed E-state index contributed by atoms with van der Waals surface area (Å²) in [7, 11) is 1.64. The highest BCUT2D eigenvalue weighted by atomic mass is 35.5. The van der Waals surface area contributed by atoms with Crippen molar-refractivity contribution in [1.82, 2.24) is 14.8 Å². The second-order valence-electron chi connectivity index (χ2n) is 6.53. The van der Waals surface area contributed by atoms with Gasteiger partial charge in [0.1, 0.15) is 13.2 Å². The van der Waals surface area contributed by atoms with Crippen LogP contribution < -0.4 is 9.47 Å². The van der Waals surface area contributed by atoms with Crippen molar-refractivity contribution in [2.75, 3.05) is 32.7 Å². The van der Waals surface area contributed by atoms with Gasteiger partial charge in [0.25, 0.3) is 0 Å². The number of thioether (sulfide) groups is 1. The Balaban J connectivity index is 1.51. The first kappa shape index (κ1) is 20.7. The molecule has 30 heavy (non-hydrogen) atoms. The first-order valence-electron chi connectivity index (χ1n) is 9.39. The van der Waals surface area contributed by atoms with Crippen molar-refractivity contribution in [1.29, 1.82) is 0 Å². The van der Waals surface area contributed by atoms with Crippen LogP contribution in [0, 0.1) is 0 Å². The molecule has 0 unspecified atom stereocenters. The third-order valence-electron chi connectivity index (χ3n) is 4.53. The predicted molar refractivity (Wildman–Crippen MR) is 115 cm³/mol. The van der Waals surface area contributed by atoms with E-state index in [1.165, 1.54) is 11.8 Å². The standard InChI is InChI=1S/C21H20ClN3O4S/c1-27-9-8-25-20(14-2-5-16(22)6-3-14)23-24-21(25)30-13-17(26)15-4-7-18-19(12-15)29-11-10-28-18/h2-7,12H,8-11,13H2,1H3. The summed E-state index contributed by atoms with van der Waals surface area (Å²) in [6, 6.07) is 12.7. The Morgan fingerprint density at radius 1 is 1.13 bits per heavy atom. The first-order chi connectivity index (χ1) is 14.7. The maximum absolute atomic E-state index is 12.7. The normalized spacial score (nSPS) is 12.7. The molecular formula is C21H20ClN3O4S.